The average molecular weight is 393 g/mol. The number of carbonyl (C=O) groups is 1. The zero-order chi connectivity index (χ0) is 15.3. The number of hydrogen-bond donors (Lipinski definition) is 1. The lowest BCUT2D eigenvalue weighted by molar-refractivity contribution is 0.0909. The van der Waals surface area contributed by atoms with Gasteiger partial charge in [-0.15, -0.1) is 0 Å². The van der Waals surface area contributed by atoms with E-state index >= 15 is 0 Å². The van der Waals surface area contributed by atoms with Gasteiger partial charge in [-0.2, -0.15) is 0 Å². The van der Waals surface area contributed by atoms with Crippen molar-refractivity contribution in [2.75, 3.05) is 0 Å². The van der Waals surface area contributed by atoms with Gasteiger partial charge in [0.05, 0.1) is 0 Å². The number of carbonyl (C=O) groups excluding carboxylic acids is 1. The molecule has 1 amide bonds. The van der Waals surface area contributed by atoms with E-state index in [4.69, 9.17) is 0 Å². The van der Waals surface area contributed by atoms with Crippen LogP contribution in [0.4, 0.5) is 0 Å². The molecular weight excluding hydrogens is 373 g/mol. The van der Waals surface area contributed by atoms with Crippen molar-refractivity contribution in [2.24, 2.45) is 0 Å². The number of nitrogens with one attached hydrogen (secondary N) is 1. The van der Waals surface area contributed by atoms with Gasteiger partial charge in [0.25, 0.3) is 5.91 Å². The predicted molar refractivity (Wildman–Crippen MR) is 95.5 cm³/mol. The van der Waals surface area contributed by atoms with Gasteiger partial charge in [-0.1, -0.05) is 36.4 Å². The fourth-order valence-electron chi connectivity index (χ4n) is 2.17. The van der Waals surface area contributed by atoms with E-state index in [9.17, 15) is 4.79 Å². The molecule has 21 heavy (non-hydrogen) atoms. The summed E-state index contributed by atoms with van der Waals surface area (Å²) in [5, 5.41) is 3.13. The van der Waals surface area contributed by atoms with Crippen LogP contribution in [-0.2, 0) is 6.42 Å². The van der Waals surface area contributed by atoms with E-state index in [1.807, 2.05) is 42.5 Å². The van der Waals surface area contributed by atoms with E-state index in [1.54, 1.807) is 0 Å². The molecule has 2 aromatic carbocycles. The summed E-state index contributed by atoms with van der Waals surface area (Å²) in [6, 6.07) is 18.0. The number of halogens is 1. The van der Waals surface area contributed by atoms with Crippen molar-refractivity contribution >= 4 is 28.5 Å². The van der Waals surface area contributed by atoms with Crippen LogP contribution in [-0.4, -0.2) is 11.4 Å². The molecule has 2 nitrogen and oxygen atoms in total. The van der Waals surface area contributed by atoms with Gasteiger partial charge < -0.3 is 5.32 Å². The molecule has 1 N–H and O–H groups in total. The van der Waals surface area contributed by atoms with E-state index in [0.29, 0.717) is 0 Å². The first-order valence-electron chi connectivity index (χ1n) is 7.08. The summed E-state index contributed by atoms with van der Waals surface area (Å²) >= 11 is 2.22. The maximum Gasteiger partial charge on any atom is 0.251 e. The number of aryl methyl sites for hydroxylation is 1. The Bertz CT molecular complexity index is 608. The highest BCUT2D eigenvalue weighted by atomic mass is 127. The summed E-state index contributed by atoms with van der Waals surface area (Å²) in [5.74, 6) is -0.00780. The van der Waals surface area contributed by atoms with Crippen molar-refractivity contribution < 1.29 is 4.79 Å². The highest BCUT2D eigenvalue weighted by Crippen LogP contribution is 2.15. The first kappa shape index (κ1) is 16.0. The van der Waals surface area contributed by atoms with Crippen LogP contribution in [0, 0.1) is 3.57 Å². The largest absolute Gasteiger partial charge is 0.347 e. The zero-order valence-electron chi connectivity index (χ0n) is 12.4. The fraction of sp³-hybridized carbons (Fsp3) is 0.278. The number of amides is 1. The standard InChI is InChI=1S/C18H20INO/c1-18(2,12-11-14-7-4-3-5-8-14)20-17(21)15-9-6-10-16(19)13-15/h3-10,13H,11-12H2,1-2H3,(H,20,21). The van der Waals surface area contributed by atoms with E-state index in [-0.39, 0.29) is 11.4 Å². The summed E-state index contributed by atoms with van der Waals surface area (Å²) in [7, 11) is 0. The Morgan fingerprint density at radius 1 is 1.10 bits per heavy atom. The zero-order valence-corrected chi connectivity index (χ0v) is 14.6. The Hall–Kier alpha value is -1.36. The Morgan fingerprint density at radius 2 is 1.81 bits per heavy atom. The summed E-state index contributed by atoms with van der Waals surface area (Å²) in [4.78, 5) is 12.3. The molecule has 0 unspecified atom stereocenters. The van der Waals surface area contributed by atoms with E-state index in [0.717, 1.165) is 22.0 Å². The van der Waals surface area contributed by atoms with Crippen molar-refractivity contribution in [2.45, 2.75) is 32.2 Å². The van der Waals surface area contributed by atoms with Crippen molar-refractivity contribution in [3.63, 3.8) is 0 Å². The van der Waals surface area contributed by atoms with E-state index < -0.39 is 0 Å². The molecule has 0 spiro atoms. The lowest BCUT2D eigenvalue weighted by Crippen LogP contribution is -2.43. The second-order valence-corrected chi connectivity index (χ2v) is 7.08. The third-order valence-corrected chi connectivity index (χ3v) is 4.09. The molecule has 0 aromatic heterocycles. The van der Waals surface area contributed by atoms with Gasteiger partial charge >= 0.3 is 0 Å². The molecule has 3 heteroatoms. The Labute approximate surface area is 140 Å². The Morgan fingerprint density at radius 3 is 2.48 bits per heavy atom. The maximum atomic E-state index is 12.3. The first-order chi connectivity index (χ1) is 9.96. The topological polar surface area (TPSA) is 29.1 Å². The maximum absolute atomic E-state index is 12.3. The predicted octanol–water partition coefficient (Wildman–Crippen LogP) is 4.43. The first-order valence-corrected chi connectivity index (χ1v) is 8.16. The minimum atomic E-state index is -0.228. The van der Waals surface area contributed by atoms with Gasteiger partial charge in [0, 0.05) is 14.7 Å². The second-order valence-electron chi connectivity index (χ2n) is 5.83. The monoisotopic (exact) mass is 393 g/mol. The molecule has 2 aromatic rings. The van der Waals surface area contributed by atoms with Gasteiger partial charge in [0.15, 0.2) is 0 Å². The molecule has 0 aliphatic carbocycles. The van der Waals surface area contributed by atoms with Gasteiger partial charge in [-0.3, -0.25) is 4.79 Å². The summed E-state index contributed by atoms with van der Waals surface area (Å²) < 4.78 is 1.07. The Balaban J connectivity index is 1.95. The van der Waals surface area contributed by atoms with Crippen molar-refractivity contribution in [1.82, 2.24) is 5.32 Å². The number of rotatable bonds is 5. The van der Waals surface area contributed by atoms with Gasteiger partial charge in [0.1, 0.15) is 0 Å². The van der Waals surface area contributed by atoms with Crippen molar-refractivity contribution in [1.29, 1.82) is 0 Å². The molecule has 0 heterocycles. The molecule has 0 saturated heterocycles. The van der Waals surface area contributed by atoms with Crippen LogP contribution in [0.3, 0.4) is 0 Å². The van der Waals surface area contributed by atoms with E-state index in [1.165, 1.54) is 5.56 Å². The van der Waals surface area contributed by atoms with Crippen LogP contribution >= 0.6 is 22.6 Å². The molecule has 0 bridgehead atoms. The smallest absolute Gasteiger partial charge is 0.251 e. The molecule has 0 aliphatic rings. The molecular formula is C18H20INO. The molecule has 0 saturated carbocycles. The fourth-order valence-corrected chi connectivity index (χ4v) is 2.72. The van der Waals surface area contributed by atoms with Crippen LogP contribution < -0.4 is 5.32 Å². The van der Waals surface area contributed by atoms with Crippen LogP contribution in [0.25, 0.3) is 0 Å². The van der Waals surface area contributed by atoms with Crippen molar-refractivity contribution in [3.05, 3.63) is 69.3 Å². The Kier molecular flexibility index (Phi) is 5.39. The minimum Gasteiger partial charge on any atom is -0.347 e. The van der Waals surface area contributed by atoms with Crippen LogP contribution in [0.15, 0.2) is 54.6 Å². The summed E-state index contributed by atoms with van der Waals surface area (Å²) in [6.45, 7) is 4.14. The van der Waals surface area contributed by atoms with Crippen LogP contribution in [0.5, 0.6) is 0 Å². The molecule has 0 fully saturated rings. The number of hydrogen-bond acceptors (Lipinski definition) is 1. The highest BCUT2D eigenvalue weighted by molar-refractivity contribution is 14.1. The van der Waals surface area contributed by atoms with Crippen LogP contribution in [0.1, 0.15) is 36.2 Å². The molecule has 2 rings (SSSR count). The van der Waals surface area contributed by atoms with Gasteiger partial charge in [-0.05, 0) is 73.0 Å². The van der Waals surface area contributed by atoms with Gasteiger partial charge in [-0.25, -0.2) is 0 Å². The van der Waals surface area contributed by atoms with Crippen LogP contribution in [0.2, 0.25) is 0 Å². The third-order valence-electron chi connectivity index (χ3n) is 3.42. The van der Waals surface area contributed by atoms with E-state index in [2.05, 4.69) is 53.9 Å². The third kappa shape index (κ3) is 5.16. The SMILES string of the molecule is CC(C)(CCc1ccccc1)NC(=O)c1cccc(I)c1. The highest BCUT2D eigenvalue weighted by Gasteiger charge is 2.21. The molecule has 0 radical (unpaired) electrons. The molecule has 0 atom stereocenters. The summed E-state index contributed by atoms with van der Waals surface area (Å²) in [5.41, 5.74) is 1.79. The minimum absolute atomic E-state index is 0.00780. The second kappa shape index (κ2) is 7.07. The lowest BCUT2D eigenvalue weighted by atomic mass is 9.95. The van der Waals surface area contributed by atoms with Crippen molar-refractivity contribution in [3.8, 4) is 0 Å². The number of benzene rings is 2. The molecule has 110 valence electrons. The quantitative estimate of drug-likeness (QED) is 0.749. The normalized spacial score (nSPS) is 11.2. The summed E-state index contributed by atoms with van der Waals surface area (Å²) in [6.07, 6.45) is 1.87. The lowest BCUT2D eigenvalue weighted by Gasteiger charge is -2.26. The average Bonchev–Trinajstić information content (AvgIpc) is 2.46. The molecule has 0 aliphatic heterocycles. The van der Waals surface area contributed by atoms with Gasteiger partial charge in [0.2, 0.25) is 0 Å².